The van der Waals surface area contributed by atoms with E-state index in [0.717, 1.165) is 5.56 Å². The van der Waals surface area contributed by atoms with E-state index < -0.39 is 15.7 Å². The summed E-state index contributed by atoms with van der Waals surface area (Å²) in [6.45, 7) is 1.85. The van der Waals surface area contributed by atoms with Crippen molar-refractivity contribution in [2.75, 3.05) is 5.32 Å². The van der Waals surface area contributed by atoms with Crippen molar-refractivity contribution in [3.63, 3.8) is 0 Å². The van der Waals surface area contributed by atoms with Gasteiger partial charge in [-0.15, -0.1) is 0 Å². The second kappa shape index (κ2) is 5.41. The molecule has 1 N–H and O–H groups in total. The summed E-state index contributed by atoms with van der Waals surface area (Å²) in [6, 6.07) is 11.1. The van der Waals surface area contributed by atoms with Crippen molar-refractivity contribution in [2.24, 2.45) is 0 Å². The Bertz CT molecular complexity index is 932. The normalized spacial score (nSPS) is 10.7. The lowest BCUT2D eigenvalue weighted by atomic mass is 10.1. The molecule has 23 heavy (non-hydrogen) atoms. The van der Waals surface area contributed by atoms with Crippen LogP contribution in [0.3, 0.4) is 0 Å². The molecule has 0 aliphatic heterocycles. The van der Waals surface area contributed by atoms with Crippen LogP contribution in [0.4, 0.5) is 22.9 Å². The topological polar surface area (TPSA) is 111 Å². The number of para-hydroxylation sites is 1. The van der Waals surface area contributed by atoms with Crippen LogP contribution in [0.25, 0.3) is 11.0 Å². The Morgan fingerprint density at radius 1 is 1.04 bits per heavy atom. The van der Waals surface area contributed by atoms with Crippen LogP contribution in [-0.2, 0) is 0 Å². The average molecular weight is 313 g/mol. The van der Waals surface area contributed by atoms with Gasteiger partial charge in [-0.05, 0) is 24.6 Å². The van der Waals surface area contributed by atoms with E-state index in [1.54, 1.807) is 12.1 Å². The molecule has 0 amide bonds. The smallest absolute Gasteiger partial charge is 0.399 e. The van der Waals surface area contributed by atoms with Crippen molar-refractivity contribution >= 4 is 33.9 Å². The maximum absolute atomic E-state index is 11.2. The first-order chi connectivity index (χ1) is 11.0. The van der Waals surface area contributed by atoms with Crippen molar-refractivity contribution in [2.45, 2.75) is 6.92 Å². The lowest BCUT2D eigenvalue weighted by molar-refractivity contribution is -0.400. The van der Waals surface area contributed by atoms with Gasteiger partial charge in [-0.2, -0.15) is 0 Å². The number of nitrogens with zero attached hydrogens (tertiary/aromatic N) is 2. The van der Waals surface area contributed by atoms with Crippen LogP contribution in [0, 0.1) is 27.2 Å². The molecule has 3 aromatic rings. The summed E-state index contributed by atoms with van der Waals surface area (Å²) >= 11 is 0. The van der Waals surface area contributed by atoms with Crippen molar-refractivity contribution in [3.8, 4) is 0 Å². The van der Waals surface area contributed by atoms with Gasteiger partial charge < -0.3 is 9.73 Å². The summed E-state index contributed by atoms with van der Waals surface area (Å²) in [5.41, 5.74) is 1.67. The predicted octanol–water partition coefficient (Wildman–Crippen LogP) is 4.30. The molecule has 0 bridgehead atoms. The van der Waals surface area contributed by atoms with Crippen molar-refractivity contribution in [3.05, 3.63) is 68.3 Å². The van der Waals surface area contributed by atoms with Crippen molar-refractivity contribution in [1.29, 1.82) is 0 Å². The van der Waals surface area contributed by atoms with Crippen LogP contribution in [0.5, 0.6) is 0 Å². The van der Waals surface area contributed by atoms with Crippen molar-refractivity contribution < 1.29 is 14.3 Å². The van der Waals surface area contributed by atoms with Crippen LogP contribution in [-0.4, -0.2) is 9.85 Å². The van der Waals surface area contributed by atoms with Gasteiger partial charge in [0.1, 0.15) is 10.5 Å². The highest BCUT2D eigenvalue weighted by molar-refractivity contribution is 5.98. The lowest BCUT2D eigenvalue weighted by Gasteiger charge is -2.06. The summed E-state index contributed by atoms with van der Waals surface area (Å²) in [6.07, 6.45) is 0. The first-order valence-electron chi connectivity index (χ1n) is 6.65. The highest BCUT2D eigenvalue weighted by atomic mass is 16.6. The zero-order valence-corrected chi connectivity index (χ0v) is 12.0. The van der Waals surface area contributed by atoms with Gasteiger partial charge in [0, 0.05) is 17.8 Å². The van der Waals surface area contributed by atoms with E-state index in [4.69, 9.17) is 4.42 Å². The van der Waals surface area contributed by atoms with Gasteiger partial charge in [-0.25, -0.2) is 0 Å². The number of furan rings is 1. The Labute approximate surface area is 129 Å². The highest BCUT2D eigenvalue weighted by Gasteiger charge is 2.26. The summed E-state index contributed by atoms with van der Waals surface area (Å²) in [7, 11) is 0. The zero-order chi connectivity index (χ0) is 16.6. The van der Waals surface area contributed by atoms with E-state index in [0.29, 0.717) is 5.69 Å². The third-order valence-corrected chi connectivity index (χ3v) is 3.43. The van der Waals surface area contributed by atoms with Gasteiger partial charge in [-0.1, -0.05) is 18.2 Å². The fraction of sp³-hybridized carbons (Fsp3) is 0.0667. The summed E-state index contributed by atoms with van der Waals surface area (Å²) in [5.74, 6) is -0.483. The van der Waals surface area contributed by atoms with E-state index in [9.17, 15) is 20.2 Å². The van der Waals surface area contributed by atoms with Gasteiger partial charge in [0.25, 0.3) is 5.69 Å². The number of rotatable bonds is 4. The fourth-order valence-electron chi connectivity index (χ4n) is 2.28. The lowest BCUT2D eigenvalue weighted by Crippen LogP contribution is -1.96. The largest absolute Gasteiger partial charge is 0.458 e. The minimum atomic E-state index is -0.660. The SMILES string of the molecule is Cc1ccccc1Nc1c([N+](=O)[O-])oc2ccc([N+](=O)[O-])cc12. The average Bonchev–Trinajstić information content (AvgIpc) is 2.87. The first-order valence-corrected chi connectivity index (χ1v) is 6.65. The molecule has 0 fully saturated rings. The van der Waals surface area contributed by atoms with E-state index >= 15 is 0 Å². The molecular formula is C15H11N3O5. The molecule has 116 valence electrons. The molecule has 1 aromatic heterocycles. The number of fused-ring (bicyclic) bond motifs is 1. The zero-order valence-electron chi connectivity index (χ0n) is 12.0. The second-order valence-electron chi connectivity index (χ2n) is 4.92. The number of aryl methyl sites for hydroxylation is 1. The highest BCUT2D eigenvalue weighted by Crippen LogP contribution is 2.40. The molecule has 0 aliphatic rings. The molecule has 0 saturated heterocycles. The number of benzene rings is 2. The molecule has 8 heteroatoms. The van der Waals surface area contributed by atoms with E-state index in [1.807, 2.05) is 19.1 Å². The number of nitro benzene ring substituents is 1. The minimum Gasteiger partial charge on any atom is -0.399 e. The summed E-state index contributed by atoms with van der Waals surface area (Å²) in [5, 5.41) is 25.4. The van der Waals surface area contributed by atoms with Gasteiger partial charge >= 0.3 is 5.88 Å². The Morgan fingerprint density at radius 3 is 2.43 bits per heavy atom. The van der Waals surface area contributed by atoms with Gasteiger partial charge in [-0.3, -0.25) is 20.2 Å². The second-order valence-corrected chi connectivity index (χ2v) is 4.92. The summed E-state index contributed by atoms with van der Waals surface area (Å²) < 4.78 is 5.22. The minimum absolute atomic E-state index is 0.100. The third kappa shape index (κ3) is 2.57. The number of hydrogen-bond acceptors (Lipinski definition) is 6. The molecular weight excluding hydrogens is 302 g/mol. The van der Waals surface area contributed by atoms with Crippen LogP contribution in [0.15, 0.2) is 46.9 Å². The molecule has 0 spiro atoms. The maximum Gasteiger partial charge on any atom is 0.458 e. The van der Waals surface area contributed by atoms with E-state index in [1.165, 1.54) is 18.2 Å². The van der Waals surface area contributed by atoms with Crippen LogP contribution < -0.4 is 5.32 Å². The maximum atomic E-state index is 11.2. The Hall–Kier alpha value is -3.42. The first kappa shape index (κ1) is 14.5. The monoisotopic (exact) mass is 313 g/mol. The number of nitro groups is 2. The quantitative estimate of drug-likeness (QED) is 0.567. The molecule has 0 aliphatic carbocycles. The molecule has 0 saturated carbocycles. The summed E-state index contributed by atoms with van der Waals surface area (Å²) in [4.78, 5) is 20.9. The predicted molar refractivity (Wildman–Crippen MR) is 84.0 cm³/mol. The Kier molecular flexibility index (Phi) is 3.41. The van der Waals surface area contributed by atoms with Crippen molar-refractivity contribution in [1.82, 2.24) is 0 Å². The van der Waals surface area contributed by atoms with Crippen LogP contribution >= 0.6 is 0 Å². The van der Waals surface area contributed by atoms with Gasteiger partial charge in [0.2, 0.25) is 0 Å². The molecule has 1 heterocycles. The standard InChI is InChI=1S/C15H11N3O5/c1-9-4-2-3-5-12(9)16-14-11-8-10(17(19)20)6-7-13(11)23-15(14)18(21)22/h2-8,16H,1H3. The van der Waals surface area contributed by atoms with Crippen LogP contribution in [0.1, 0.15) is 5.56 Å². The van der Waals surface area contributed by atoms with E-state index in [-0.39, 0.29) is 22.3 Å². The molecule has 0 atom stereocenters. The number of anilines is 2. The van der Waals surface area contributed by atoms with Gasteiger partial charge in [0.15, 0.2) is 5.69 Å². The molecule has 8 nitrogen and oxygen atoms in total. The molecule has 2 aromatic carbocycles. The molecule has 0 radical (unpaired) electrons. The van der Waals surface area contributed by atoms with Crippen LogP contribution in [0.2, 0.25) is 0 Å². The molecule has 0 unspecified atom stereocenters. The Morgan fingerprint density at radius 2 is 1.78 bits per heavy atom. The molecule has 3 rings (SSSR count). The fourth-order valence-corrected chi connectivity index (χ4v) is 2.28. The van der Waals surface area contributed by atoms with Gasteiger partial charge in [0.05, 0.1) is 10.3 Å². The van der Waals surface area contributed by atoms with E-state index in [2.05, 4.69) is 5.32 Å². The number of nitrogens with one attached hydrogen (secondary N) is 1. The third-order valence-electron chi connectivity index (χ3n) is 3.43. The number of non-ortho nitro benzene ring substituents is 1. The number of hydrogen-bond donors (Lipinski definition) is 1. The Balaban J connectivity index is 2.21.